The Balaban J connectivity index is 1.28. The molecule has 0 spiro atoms. The van der Waals surface area contributed by atoms with Crippen LogP contribution in [0.4, 0.5) is 32.3 Å². The molecule has 0 aliphatic heterocycles. The van der Waals surface area contributed by atoms with E-state index < -0.39 is 0 Å². The van der Waals surface area contributed by atoms with Crippen molar-refractivity contribution < 1.29 is 19.1 Å². The van der Waals surface area contributed by atoms with Crippen molar-refractivity contribution in [3.05, 3.63) is 109 Å². The lowest BCUT2D eigenvalue weighted by atomic mass is 10.3. The Kier molecular flexibility index (Phi) is 8.37. The van der Waals surface area contributed by atoms with Gasteiger partial charge in [0.15, 0.2) is 0 Å². The topological polar surface area (TPSA) is 101 Å². The number of benzene rings is 4. The molecule has 8 heteroatoms. The lowest BCUT2D eigenvalue weighted by molar-refractivity contribution is 0.218. The highest BCUT2D eigenvalue weighted by atomic mass is 16.5. The van der Waals surface area contributed by atoms with E-state index in [1.54, 1.807) is 48.5 Å². The predicted molar refractivity (Wildman–Crippen MR) is 142 cm³/mol. The second kappa shape index (κ2) is 12.5. The first-order chi connectivity index (χ1) is 17.7. The zero-order valence-electron chi connectivity index (χ0n) is 19.4. The maximum absolute atomic E-state index is 12.3. The molecule has 0 unspecified atom stereocenters. The fraction of sp³-hybridized carbons (Fsp3) is 0.0714. The molecule has 0 aromatic heterocycles. The van der Waals surface area contributed by atoms with Crippen LogP contribution in [0.25, 0.3) is 0 Å². The highest BCUT2D eigenvalue weighted by molar-refractivity contribution is 6.01. The van der Waals surface area contributed by atoms with Crippen molar-refractivity contribution in [2.24, 2.45) is 0 Å². The minimum Gasteiger partial charge on any atom is -0.488 e. The van der Waals surface area contributed by atoms with Crippen LogP contribution in [0.1, 0.15) is 0 Å². The summed E-state index contributed by atoms with van der Waals surface area (Å²) >= 11 is 0. The fourth-order valence-corrected chi connectivity index (χ4v) is 3.31. The largest absolute Gasteiger partial charge is 0.488 e. The van der Waals surface area contributed by atoms with Crippen LogP contribution in [0.5, 0.6) is 11.5 Å². The number of urea groups is 2. The molecule has 0 heterocycles. The van der Waals surface area contributed by atoms with E-state index in [1.165, 1.54) is 0 Å². The summed E-state index contributed by atoms with van der Waals surface area (Å²) in [6.07, 6.45) is 0. The van der Waals surface area contributed by atoms with Crippen molar-refractivity contribution in [3.8, 4) is 11.5 Å². The number of rotatable bonds is 9. The van der Waals surface area contributed by atoms with E-state index in [0.29, 0.717) is 34.2 Å². The molecular formula is C28H26N4O4. The number of amides is 4. The molecule has 36 heavy (non-hydrogen) atoms. The van der Waals surface area contributed by atoms with Gasteiger partial charge in [0.25, 0.3) is 0 Å². The number of nitrogens with one attached hydrogen (secondary N) is 4. The molecule has 0 bridgehead atoms. The Morgan fingerprint density at radius 3 is 1.25 bits per heavy atom. The summed E-state index contributed by atoms with van der Waals surface area (Å²) in [5.41, 5.74) is 2.44. The number of carbonyl (C=O) groups is 2. The van der Waals surface area contributed by atoms with E-state index in [1.807, 2.05) is 60.7 Å². The molecule has 4 aromatic carbocycles. The molecule has 0 aliphatic rings. The molecule has 0 radical (unpaired) electrons. The summed E-state index contributed by atoms with van der Waals surface area (Å²) in [7, 11) is 0. The number of hydrogen-bond donors (Lipinski definition) is 4. The first kappa shape index (κ1) is 24.2. The van der Waals surface area contributed by atoms with E-state index in [0.717, 1.165) is 0 Å². The highest BCUT2D eigenvalue weighted by Crippen LogP contribution is 2.26. The minimum absolute atomic E-state index is 0.226. The van der Waals surface area contributed by atoms with Gasteiger partial charge in [-0.25, -0.2) is 9.59 Å². The average molecular weight is 483 g/mol. The fourth-order valence-electron chi connectivity index (χ4n) is 3.31. The Labute approximate surface area is 209 Å². The zero-order valence-corrected chi connectivity index (χ0v) is 19.4. The molecule has 0 saturated heterocycles. The third-order valence-electron chi connectivity index (χ3n) is 4.93. The molecule has 4 aromatic rings. The molecule has 0 aliphatic carbocycles. The SMILES string of the molecule is O=C(Nc1ccccc1)Nc1ccccc1OCCOc1ccccc1NC(=O)Nc1ccccc1. The number of ether oxygens (including phenoxy) is 2. The van der Waals surface area contributed by atoms with Crippen LogP contribution >= 0.6 is 0 Å². The van der Waals surface area contributed by atoms with E-state index >= 15 is 0 Å². The van der Waals surface area contributed by atoms with Gasteiger partial charge in [0.05, 0.1) is 11.4 Å². The first-order valence-corrected chi connectivity index (χ1v) is 11.4. The summed E-state index contributed by atoms with van der Waals surface area (Å²) in [5.74, 6) is 1.02. The number of para-hydroxylation sites is 6. The van der Waals surface area contributed by atoms with Gasteiger partial charge in [-0.15, -0.1) is 0 Å². The molecule has 4 N–H and O–H groups in total. The molecule has 0 saturated carbocycles. The summed E-state index contributed by atoms with van der Waals surface area (Å²) in [4.78, 5) is 24.7. The summed E-state index contributed by atoms with van der Waals surface area (Å²) in [6.45, 7) is 0.451. The zero-order chi connectivity index (χ0) is 25.0. The van der Waals surface area contributed by atoms with Gasteiger partial charge in [0.1, 0.15) is 24.7 Å². The third-order valence-corrected chi connectivity index (χ3v) is 4.93. The van der Waals surface area contributed by atoms with Crippen LogP contribution in [0.2, 0.25) is 0 Å². The van der Waals surface area contributed by atoms with Crippen molar-refractivity contribution in [1.29, 1.82) is 0 Å². The van der Waals surface area contributed by atoms with Crippen LogP contribution in [-0.4, -0.2) is 25.3 Å². The van der Waals surface area contributed by atoms with E-state index in [-0.39, 0.29) is 25.3 Å². The second-order valence-electron chi connectivity index (χ2n) is 7.58. The maximum atomic E-state index is 12.3. The van der Waals surface area contributed by atoms with Crippen LogP contribution < -0.4 is 30.7 Å². The van der Waals surface area contributed by atoms with Gasteiger partial charge in [-0.2, -0.15) is 0 Å². The molecular weight excluding hydrogens is 456 g/mol. The lowest BCUT2D eigenvalue weighted by Gasteiger charge is -2.15. The molecule has 4 rings (SSSR count). The van der Waals surface area contributed by atoms with Crippen LogP contribution in [0, 0.1) is 0 Å². The van der Waals surface area contributed by atoms with Gasteiger partial charge in [-0.1, -0.05) is 60.7 Å². The lowest BCUT2D eigenvalue weighted by Crippen LogP contribution is -2.20. The Bertz CT molecular complexity index is 1180. The van der Waals surface area contributed by atoms with E-state index in [2.05, 4.69) is 21.3 Å². The highest BCUT2D eigenvalue weighted by Gasteiger charge is 2.10. The van der Waals surface area contributed by atoms with Crippen LogP contribution in [0.15, 0.2) is 109 Å². The van der Waals surface area contributed by atoms with E-state index in [4.69, 9.17) is 9.47 Å². The van der Waals surface area contributed by atoms with E-state index in [9.17, 15) is 9.59 Å². The smallest absolute Gasteiger partial charge is 0.323 e. The van der Waals surface area contributed by atoms with Crippen LogP contribution in [0.3, 0.4) is 0 Å². The second-order valence-corrected chi connectivity index (χ2v) is 7.58. The summed E-state index contributed by atoms with van der Waals surface area (Å²) < 4.78 is 11.7. The Morgan fingerprint density at radius 1 is 0.472 bits per heavy atom. The van der Waals surface area contributed by atoms with Crippen molar-refractivity contribution >= 4 is 34.8 Å². The number of carbonyl (C=O) groups excluding carboxylic acids is 2. The van der Waals surface area contributed by atoms with Gasteiger partial charge in [-0.05, 0) is 48.5 Å². The monoisotopic (exact) mass is 482 g/mol. The van der Waals surface area contributed by atoms with Crippen molar-refractivity contribution in [3.63, 3.8) is 0 Å². The summed E-state index contributed by atoms with van der Waals surface area (Å²) in [6, 6.07) is 31.9. The van der Waals surface area contributed by atoms with Crippen molar-refractivity contribution in [2.75, 3.05) is 34.5 Å². The molecule has 182 valence electrons. The standard InChI is InChI=1S/C28H26N4O4/c33-27(29-21-11-3-1-4-12-21)31-23-15-7-9-17-25(23)35-19-20-36-26-18-10-8-16-24(26)32-28(34)30-22-13-5-2-6-14-22/h1-18H,19-20H2,(H2,29,31,33)(H2,30,32,34). The van der Waals surface area contributed by atoms with Gasteiger partial charge in [0.2, 0.25) is 0 Å². The molecule has 0 atom stereocenters. The average Bonchev–Trinajstić information content (AvgIpc) is 2.89. The van der Waals surface area contributed by atoms with Gasteiger partial charge >= 0.3 is 12.1 Å². The third kappa shape index (κ3) is 7.26. The summed E-state index contributed by atoms with van der Waals surface area (Å²) in [5, 5.41) is 11.1. The Morgan fingerprint density at radius 2 is 0.833 bits per heavy atom. The molecule has 8 nitrogen and oxygen atoms in total. The van der Waals surface area contributed by atoms with Crippen molar-refractivity contribution in [1.82, 2.24) is 0 Å². The molecule has 4 amide bonds. The van der Waals surface area contributed by atoms with Gasteiger partial charge in [-0.3, -0.25) is 0 Å². The normalized spacial score (nSPS) is 10.1. The number of anilines is 4. The predicted octanol–water partition coefficient (Wildman–Crippen LogP) is 6.43. The van der Waals surface area contributed by atoms with Crippen LogP contribution in [-0.2, 0) is 0 Å². The maximum Gasteiger partial charge on any atom is 0.323 e. The quantitative estimate of drug-likeness (QED) is 0.206. The Hall–Kier alpha value is -4.98. The van der Waals surface area contributed by atoms with Crippen molar-refractivity contribution in [2.45, 2.75) is 0 Å². The molecule has 0 fully saturated rings. The van der Waals surface area contributed by atoms with Gasteiger partial charge in [0, 0.05) is 11.4 Å². The minimum atomic E-state index is -0.373. The number of hydrogen-bond acceptors (Lipinski definition) is 4. The first-order valence-electron chi connectivity index (χ1n) is 11.4. The van der Waals surface area contributed by atoms with Gasteiger partial charge < -0.3 is 30.7 Å².